The summed E-state index contributed by atoms with van der Waals surface area (Å²) < 4.78 is 68.5. The van der Waals surface area contributed by atoms with Gasteiger partial charge in [0.05, 0.1) is 26.4 Å². The average molecular weight is 1410 g/mol. The highest BCUT2D eigenvalue weighted by Gasteiger charge is 2.30. The van der Waals surface area contributed by atoms with Gasteiger partial charge in [0.25, 0.3) is 0 Å². The van der Waals surface area contributed by atoms with Crippen LogP contribution in [-0.2, 0) is 65.4 Å². The lowest BCUT2D eigenvalue weighted by atomic mass is 10.0. The zero-order valence-corrected chi connectivity index (χ0v) is 64.3. The highest BCUT2D eigenvalue weighted by atomic mass is 31.2. The van der Waals surface area contributed by atoms with Gasteiger partial charge < -0.3 is 33.8 Å². The van der Waals surface area contributed by atoms with Crippen molar-refractivity contribution in [2.24, 2.45) is 5.92 Å². The minimum atomic E-state index is -4.96. The van der Waals surface area contributed by atoms with Crippen LogP contribution in [0, 0.1) is 5.92 Å². The van der Waals surface area contributed by atoms with Gasteiger partial charge in [0.15, 0.2) is 12.2 Å². The van der Waals surface area contributed by atoms with Crippen LogP contribution in [0.15, 0.2) is 0 Å². The second kappa shape index (κ2) is 70.1. The Bertz CT molecular complexity index is 1840. The molecule has 0 aromatic carbocycles. The van der Waals surface area contributed by atoms with Gasteiger partial charge in [-0.05, 0) is 31.6 Å². The molecule has 0 heterocycles. The van der Waals surface area contributed by atoms with Crippen molar-refractivity contribution in [2.45, 2.75) is 425 Å². The number of aliphatic hydroxyl groups is 1. The maximum absolute atomic E-state index is 13.1. The van der Waals surface area contributed by atoms with E-state index in [0.717, 1.165) is 102 Å². The Morgan fingerprint density at radius 1 is 0.281 bits per heavy atom. The monoisotopic (exact) mass is 1410 g/mol. The molecule has 0 radical (unpaired) electrons. The van der Waals surface area contributed by atoms with Crippen molar-refractivity contribution in [2.75, 3.05) is 39.6 Å². The Morgan fingerprint density at radius 3 is 0.708 bits per heavy atom. The lowest BCUT2D eigenvalue weighted by Crippen LogP contribution is -2.30. The fourth-order valence-electron chi connectivity index (χ4n) is 11.9. The van der Waals surface area contributed by atoms with Crippen LogP contribution >= 0.6 is 15.6 Å². The van der Waals surface area contributed by atoms with Crippen molar-refractivity contribution in [3.8, 4) is 0 Å². The second-order valence-corrected chi connectivity index (χ2v) is 31.1. The zero-order chi connectivity index (χ0) is 70.5. The van der Waals surface area contributed by atoms with Gasteiger partial charge in [0.2, 0.25) is 0 Å². The molecule has 0 saturated heterocycles. The maximum Gasteiger partial charge on any atom is 0.472 e. The van der Waals surface area contributed by atoms with Crippen molar-refractivity contribution in [1.29, 1.82) is 0 Å². The van der Waals surface area contributed by atoms with Gasteiger partial charge in [-0.15, -0.1) is 0 Å². The van der Waals surface area contributed by atoms with E-state index < -0.39 is 97.5 Å². The molecule has 0 aromatic rings. The quantitative estimate of drug-likeness (QED) is 0.0222. The molecule has 3 N–H and O–H groups in total. The summed E-state index contributed by atoms with van der Waals surface area (Å²) in [6, 6.07) is 0. The van der Waals surface area contributed by atoms with E-state index in [1.165, 1.54) is 225 Å². The molecule has 96 heavy (non-hydrogen) atoms. The summed E-state index contributed by atoms with van der Waals surface area (Å²) in [7, 11) is -9.91. The van der Waals surface area contributed by atoms with Crippen LogP contribution in [0.5, 0.6) is 0 Å². The molecule has 0 spiro atoms. The Kier molecular flexibility index (Phi) is 68.7. The van der Waals surface area contributed by atoms with Gasteiger partial charge >= 0.3 is 39.5 Å². The van der Waals surface area contributed by atoms with Crippen molar-refractivity contribution in [1.82, 2.24) is 0 Å². The number of hydrogen-bond donors (Lipinski definition) is 3. The lowest BCUT2D eigenvalue weighted by molar-refractivity contribution is -0.161. The first-order chi connectivity index (χ1) is 46.5. The summed E-state index contributed by atoms with van der Waals surface area (Å²) in [5, 5.41) is 10.6. The minimum absolute atomic E-state index is 0.108. The molecule has 0 aliphatic heterocycles. The summed E-state index contributed by atoms with van der Waals surface area (Å²) in [5.74, 6) is -1.33. The molecular formula is C77H150O17P2. The topological polar surface area (TPSA) is 237 Å². The SMILES string of the molecule is CCCCCCCCCCCCCCCCCCCCC(=O)O[C@H](COC(=O)CCCCCCCCCCCCCCC(C)C)COP(=O)(O)OC[C@@H](O)COP(=O)(O)OC[C@@H](COC(=O)CCCCCCCCCC)OC(=O)CCCCCCCCCCCCCCCCC. The number of unbranched alkanes of at least 4 members (excludes halogenated alkanes) is 49. The number of rotatable bonds is 77. The Labute approximate surface area is 588 Å². The summed E-state index contributed by atoms with van der Waals surface area (Å²) >= 11 is 0. The predicted octanol–water partition coefficient (Wildman–Crippen LogP) is 22.9. The fourth-order valence-corrected chi connectivity index (χ4v) is 13.5. The molecule has 17 nitrogen and oxygen atoms in total. The number of aliphatic hydroxyl groups excluding tert-OH is 1. The standard InChI is InChI=1S/C77H150O17P2/c1-6-9-12-15-18-21-23-25-27-28-29-31-33-39-43-48-53-58-63-77(82)94-73(67-88-75(80)61-56-51-46-41-37-35-34-36-40-44-49-54-59-70(4)5)69-92-96(85,86)90-65-71(78)64-89-95(83,84)91-68-72(66-87-74(79)60-55-50-45-20-17-14-11-8-3)93-76(81)62-57-52-47-42-38-32-30-26-24-22-19-16-13-10-7-2/h70-73,78H,6-69H2,1-5H3,(H,83,84)(H,85,86)/t71-,72+,73+/m0/s1. The molecule has 0 aromatic heterocycles. The van der Waals surface area contributed by atoms with Crippen LogP contribution in [0.1, 0.15) is 407 Å². The third kappa shape index (κ3) is 70.5. The van der Waals surface area contributed by atoms with Gasteiger partial charge in [-0.1, -0.05) is 356 Å². The smallest absolute Gasteiger partial charge is 0.462 e. The van der Waals surface area contributed by atoms with Crippen molar-refractivity contribution < 1.29 is 80.2 Å². The van der Waals surface area contributed by atoms with Crippen LogP contribution in [0.3, 0.4) is 0 Å². The molecule has 5 atom stereocenters. The third-order valence-corrected chi connectivity index (χ3v) is 19.9. The van der Waals surface area contributed by atoms with Crippen molar-refractivity contribution >= 4 is 39.5 Å². The lowest BCUT2D eigenvalue weighted by Gasteiger charge is -2.21. The average Bonchev–Trinajstić information content (AvgIpc) is 1.62. The Balaban J connectivity index is 5.21. The summed E-state index contributed by atoms with van der Waals surface area (Å²) in [5.41, 5.74) is 0. The van der Waals surface area contributed by atoms with Crippen molar-refractivity contribution in [3.05, 3.63) is 0 Å². The summed E-state index contributed by atoms with van der Waals surface area (Å²) in [6.45, 7) is 7.30. The van der Waals surface area contributed by atoms with Crippen LogP contribution in [0.4, 0.5) is 0 Å². The van der Waals surface area contributed by atoms with E-state index in [4.69, 9.17) is 37.0 Å². The van der Waals surface area contributed by atoms with Crippen LogP contribution in [0.2, 0.25) is 0 Å². The van der Waals surface area contributed by atoms with Crippen molar-refractivity contribution in [3.63, 3.8) is 0 Å². The summed E-state index contributed by atoms with van der Waals surface area (Å²) in [6.07, 6.45) is 59.6. The molecule has 0 aliphatic rings. The fraction of sp³-hybridized carbons (Fsp3) is 0.948. The molecule has 0 amide bonds. The largest absolute Gasteiger partial charge is 0.472 e. The number of ether oxygens (including phenoxy) is 4. The van der Waals surface area contributed by atoms with Gasteiger partial charge in [-0.2, -0.15) is 0 Å². The van der Waals surface area contributed by atoms with E-state index in [-0.39, 0.29) is 25.7 Å². The Hall–Kier alpha value is -1.94. The number of phosphoric ester groups is 2. The first-order valence-corrected chi connectivity index (χ1v) is 43.1. The first kappa shape index (κ1) is 94.1. The highest BCUT2D eigenvalue weighted by Crippen LogP contribution is 2.45. The van der Waals surface area contributed by atoms with E-state index in [1.807, 2.05) is 0 Å². The predicted molar refractivity (Wildman–Crippen MR) is 391 cm³/mol. The molecule has 2 unspecified atom stereocenters. The van der Waals surface area contributed by atoms with Crippen LogP contribution in [-0.4, -0.2) is 96.7 Å². The van der Waals surface area contributed by atoms with Crippen LogP contribution < -0.4 is 0 Å². The molecule has 0 bridgehead atoms. The van der Waals surface area contributed by atoms with Gasteiger partial charge in [-0.25, -0.2) is 9.13 Å². The number of esters is 4. The molecule has 570 valence electrons. The van der Waals surface area contributed by atoms with E-state index in [2.05, 4.69) is 34.6 Å². The van der Waals surface area contributed by atoms with E-state index in [9.17, 15) is 43.2 Å². The summed E-state index contributed by atoms with van der Waals surface area (Å²) in [4.78, 5) is 72.8. The van der Waals surface area contributed by atoms with Gasteiger partial charge in [0, 0.05) is 25.7 Å². The van der Waals surface area contributed by atoms with E-state index in [0.29, 0.717) is 25.7 Å². The number of phosphoric acid groups is 2. The normalized spacial score (nSPS) is 13.9. The molecule has 0 saturated carbocycles. The van der Waals surface area contributed by atoms with E-state index >= 15 is 0 Å². The number of carbonyl (C=O) groups excluding carboxylic acids is 4. The first-order valence-electron chi connectivity index (χ1n) is 40.1. The molecule has 0 rings (SSSR count). The number of hydrogen-bond acceptors (Lipinski definition) is 15. The van der Waals surface area contributed by atoms with Crippen LogP contribution in [0.25, 0.3) is 0 Å². The molecule has 19 heteroatoms. The van der Waals surface area contributed by atoms with Gasteiger partial charge in [-0.3, -0.25) is 37.3 Å². The Morgan fingerprint density at radius 2 is 0.479 bits per heavy atom. The number of carbonyl (C=O) groups is 4. The second-order valence-electron chi connectivity index (χ2n) is 28.2. The maximum atomic E-state index is 13.1. The highest BCUT2D eigenvalue weighted by molar-refractivity contribution is 7.47. The van der Waals surface area contributed by atoms with Gasteiger partial charge in [0.1, 0.15) is 19.3 Å². The molecular weight excluding hydrogens is 1260 g/mol. The minimum Gasteiger partial charge on any atom is -0.462 e. The zero-order valence-electron chi connectivity index (χ0n) is 62.5. The van der Waals surface area contributed by atoms with E-state index in [1.54, 1.807) is 0 Å². The molecule has 0 aliphatic carbocycles. The third-order valence-electron chi connectivity index (χ3n) is 18.0. The molecule has 0 fully saturated rings.